The van der Waals surface area contributed by atoms with Crippen LogP contribution >= 0.6 is 0 Å². The molecule has 3 rings (SSSR count). The van der Waals surface area contributed by atoms with Crippen molar-refractivity contribution >= 4 is 10.9 Å². The van der Waals surface area contributed by atoms with Crippen LogP contribution in [0.25, 0.3) is 10.9 Å². The predicted octanol–water partition coefficient (Wildman–Crippen LogP) is 3.43. The average Bonchev–Trinajstić information content (AvgIpc) is 2.95. The maximum Gasteiger partial charge on any atom is 0.243 e. The van der Waals surface area contributed by atoms with Gasteiger partial charge in [-0.05, 0) is 51.1 Å². The second-order valence-electron chi connectivity index (χ2n) is 5.70. The number of aryl methyl sites for hydroxylation is 2. The van der Waals surface area contributed by atoms with E-state index in [4.69, 9.17) is 4.52 Å². The van der Waals surface area contributed by atoms with E-state index < -0.39 is 0 Å². The standard InChI is InChI=1S/C17H20N4O/c1-11-7-8-16-14(6-5-9-18-16)15(11)10-21(4)12(2)17-19-13(3)20-22-17/h5-9,12H,10H2,1-4H3/t12-/m1/s1. The van der Waals surface area contributed by atoms with Gasteiger partial charge in [0.2, 0.25) is 5.89 Å². The van der Waals surface area contributed by atoms with Gasteiger partial charge in [0, 0.05) is 18.1 Å². The van der Waals surface area contributed by atoms with Crippen LogP contribution in [-0.2, 0) is 6.54 Å². The first kappa shape index (κ1) is 14.7. The summed E-state index contributed by atoms with van der Waals surface area (Å²) in [5.41, 5.74) is 3.58. The second-order valence-corrected chi connectivity index (χ2v) is 5.70. The third-order valence-electron chi connectivity index (χ3n) is 4.10. The molecule has 0 fully saturated rings. The maximum absolute atomic E-state index is 5.29. The van der Waals surface area contributed by atoms with Crippen LogP contribution in [-0.4, -0.2) is 27.1 Å². The molecule has 0 radical (unpaired) electrons. The topological polar surface area (TPSA) is 55.1 Å². The van der Waals surface area contributed by atoms with Crippen molar-refractivity contribution in [3.8, 4) is 0 Å². The van der Waals surface area contributed by atoms with E-state index in [1.165, 1.54) is 16.5 Å². The van der Waals surface area contributed by atoms with Gasteiger partial charge in [-0.3, -0.25) is 9.88 Å². The molecule has 0 amide bonds. The minimum atomic E-state index is 0.0625. The summed E-state index contributed by atoms with van der Waals surface area (Å²) in [5.74, 6) is 1.32. The fraction of sp³-hybridized carbons (Fsp3) is 0.353. The van der Waals surface area contributed by atoms with Gasteiger partial charge in [0.15, 0.2) is 5.82 Å². The van der Waals surface area contributed by atoms with E-state index in [0.717, 1.165) is 12.1 Å². The van der Waals surface area contributed by atoms with E-state index in [0.29, 0.717) is 11.7 Å². The Morgan fingerprint density at radius 3 is 2.77 bits per heavy atom. The van der Waals surface area contributed by atoms with Gasteiger partial charge in [-0.1, -0.05) is 17.3 Å². The Morgan fingerprint density at radius 2 is 2.05 bits per heavy atom. The number of hydrogen-bond acceptors (Lipinski definition) is 5. The van der Waals surface area contributed by atoms with Crippen LogP contribution in [0.3, 0.4) is 0 Å². The van der Waals surface area contributed by atoms with E-state index >= 15 is 0 Å². The molecular weight excluding hydrogens is 276 g/mol. The van der Waals surface area contributed by atoms with Crippen molar-refractivity contribution in [1.29, 1.82) is 0 Å². The lowest BCUT2D eigenvalue weighted by Crippen LogP contribution is -2.22. The zero-order chi connectivity index (χ0) is 15.7. The number of fused-ring (bicyclic) bond motifs is 1. The molecule has 5 nitrogen and oxygen atoms in total. The van der Waals surface area contributed by atoms with Gasteiger partial charge in [-0.2, -0.15) is 4.98 Å². The smallest absolute Gasteiger partial charge is 0.243 e. The number of aromatic nitrogens is 3. The number of pyridine rings is 1. The van der Waals surface area contributed by atoms with Crippen molar-refractivity contribution in [1.82, 2.24) is 20.0 Å². The quantitative estimate of drug-likeness (QED) is 0.738. The molecule has 22 heavy (non-hydrogen) atoms. The first-order valence-electron chi connectivity index (χ1n) is 7.40. The summed E-state index contributed by atoms with van der Waals surface area (Å²) in [6.45, 7) is 6.85. The Bertz CT molecular complexity index is 796. The van der Waals surface area contributed by atoms with Crippen molar-refractivity contribution in [2.45, 2.75) is 33.4 Å². The van der Waals surface area contributed by atoms with Crippen molar-refractivity contribution in [3.05, 3.63) is 53.3 Å². The van der Waals surface area contributed by atoms with Crippen LogP contribution in [0, 0.1) is 13.8 Å². The molecule has 0 saturated carbocycles. The van der Waals surface area contributed by atoms with E-state index in [2.05, 4.69) is 59.1 Å². The Hall–Kier alpha value is -2.27. The molecule has 1 aromatic carbocycles. The summed E-state index contributed by atoms with van der Waals surface area (Å²) < 4.78 is 5.29. The lowest BCUT2D eigenvalue weighted by atomic mass is 10.0. The highest BCUT2D eigenvalue weighted by Crippen LogP contribution is 2.25. The Balaban J connectivity index is 1.91. The molecule has 0 N–H and O–H groups in total. The Morgan fingerprint density at radius 1 is 1.23 bits per heavy atom. The zero-order valence-electron chi connectivity index (χ0n) is 13.4. The summed E-state index contributed by atoms with van der Waals surface area (Å²) >= 11 is 0. The van der Waals surface area contributed by atoms with Gasteiger partial charge in [0.25, 0.3) is 0 Å². The summed E-state index contributed by atoms with van der Waals surface area (Å²) in [6, 6.07) is 8.36. The van der Waals surface area contributed by atoms with Gasteiger partial charge in [0.1, 0.15) is 0 Å². The molecule has 2 aromatic heterocycles. The van der Waals surface area contributed by atoms with E-state index in [9.17, 15) is 0 Å². The third-order valence-corrected chi connectivity index (χ3v) is 4.10. The highest BCUT2D eigenvalue weighted by Gasteiger charge is 2.19. The van der Waals surface area contributed by atoms with Crippen LogP contribution in [0.4, 0.5) is 0 Å². The van der Waals surface area contributed by atoms with Crippen LogP contribution in [0.2, 0.25) is 0 Å². The van der Waals surface area contributed by atoms with Gasteiger partial charge in [-0.25, -0.2) is 0 Å². The van der Waals surface area contributed by atoms with Crippen LogP contribution < -0.4 is 0 Å². The minimum Gasteiger partial charge on any atom is -0.338 e. The van der Waals surface area contributed by atoms with Crippen LogP contribution in [0.15, 0.2) is 35.0 Å². The fourth-order valence-corrected chi connectivity index (χ4v) is 2.59. The van der Waals surface area contributed by atoms with Crippen LogP contribution in [0.1, 0.15) is 35.8 Å². The number of nitrogens with zero attached hydrogens (tertiary/aromatic N) is 4. The summed E-state index contributed by atoms with van der Waals surface area (Å²) in [6.07, 6.45) is 1.83. The average molecular weight is 296 g/mol. The summed E-state index contributed by atoms with van der Waals surface area (Å²) in [4.78, 5) is 11.0. The molecule has 0 saturated heterocycles. The normalized spacial score (nSPS) is 13.0. The summed E-state index contributed by atoms with van der Waals surface area (Å²) in [5, 5.41) is 5.07. The largest absolute Gasteiger partial charge is 0.338 e. The molecule has 0 spiro atoms. The summed E-state index contributed by atoms with van der Waals surface area (Å²) in [7, 11) is 2.07. The van der Waals surface area contributed by atoms with Gasteiger partial charge in [0.05, 0.1) is 11.6 Å². The first-order chi connectivity index (χ1) is 10.6. The van der Waals surface area contributed by atoms with Crippen molar-refractivity contribution in [2.24, 2.45) is 0 Å². The van der Waals surface area contributed by atoms with Crippen molar-refractivity contribution in [3.63, 3.8) is 0 Å². The predicted molar refractivity (Wildman–Crippen MR) is 85.4 cm³/mol. The second kappa shape index (κ2) is 5.85. The molecule has 114 valence electrons. The lowest BCUT2D eigenvalue weighted by Gasteiger charge is -2.23. The number of hydrogen-bond donors (Lipinski definition) is 0. The number of benzene rings is 1. The highest BCUT2D eigenvalue weighted by molar-refractivity contribution is 5.83. The van der Waals surface area contributed by atoms with Crippen molar-refractivity contribution in [2.75, 3.05) is 7.05 Å². The van der Waals surface area contributed by atoms with Crippen LogP contribution in [0.5, 0.6) is 0 Å². The van der Waals surface area contributed by atoms with Gasteiger partial charge in [-0.15, -0.1) is 0 Å². The molecule has 0 aliphatic carbocycles. The minimum absolute atomic E-state index is 0.0625. The first-order valence-corrected chi connectivity index (χ1v) is 7.40. The molecular formula is C17H20N4O. The zero-order valence-corrected chi connectivity index (χ0v) is 13.4. The molecule has 2 heterocycles. The van der Waals surface area contributed by atoms with Gasteiger partial charge < -0.3 is 4.52 Å². The van der Waals surface area contributed by atoms with E-state index in [1.54, 1.807) is 0 Å². The molecule has 0 bridgehead atoms. The lowest BCUT2D eigenvalue weighted by molar-refractivity contribution is 0.203. The SMILES string of the molecule is Cc1noc([C@@H](C)N(C)Cc2c(C)ccc3ncccc23)n1. The van der Waals surface area contributed by atoms with E-state index in [-0.39, 0.29) is 6.04 Å². The van der Waals surface area contributed by atoms with Gasteiger partial charge >= 0.3 is 0 Å². The Labute approximate surface area is 130 Å². The van der Waals surface area contributed by atoms with Crippen molar-refractivity contribution < 1.29 is 4.52 Å². The monoisotopic (exact) mass is 296 g/mol. The number of rotatable bonds is 4. The molecule has 0 aliphatic heterocycles. The Kier molecular flexibility index (Phi) is 3.90. The maximum atomic E-state index is 5.29. The molecule has 5 heteroatoms. The highest BCUT2D eigenvalue weighted by atomic mass is 16.5. The molecule has 1 atom stereocenters. The molecule has 3 aromatic rings. The van der Waals surface area contributed by atoms with E-state index in [1.807, 2.05) is 19.2 Å². The molecule has 0 aliphatic rings. The third kappa shape index (κ3) is 2.72. The molecule has 0 unspecified atom stereocenters. The fourth-order valence-electron chi connectivity index (χ4n) is 2.59.